The molecule has 2 aromatic carbocycles. The third-order valence-electron chi connectivity index (χ3n) is 5.61. The molecule has 0 spiro atoms. The molecule has 2 heterocycles. The van der Waals surface area contributed by atoms with Gasteiger partial charge < -0.3 is 19.3 Å². The number of anilines is 1. The lowest BCUT2D eigenvalue weighted by Crippen LogP contribution is -2.48. The van der Waals surface area contributed by atoms with Crippen LogP contribution < -0.4 is 14.4 Å². The van der Waals surface area contributed by atoms with E-state index >= 15 is 0 Å². The third kappa shape index (κ3) is 5.33. The van der Waals surface area contributed by atoms with Crippen molar-refractivity contribution in [2.45, 2.75) is 33.1 Å². The van der Waals surface area contributed by atoms with Crippen molar-refractivity contribution >= 4 is 32.6 Å². The number of aromatic nitrogens is 1. The zero-order valence-corrected chi connectivity index (χ0v) is 19.7. The molecule has 1 aromatic heterocycles. The number of carbonyl (C=O) groups is 1. The Morgan fingerprint density at radius 2 is 1.72 bits per heavy atom. The van der Waals surface area contributed by atoms with Crippen LogP contribution >= 0.6 is 11.3 Å². The fourth-order valence-corrected chi connectivity index (χ4v) is 4.85. The largest absolute Gasteiger partial charge is 0.494 e. The van der Waals surface area contributed by atoms with E-state index in [-0.39, 0.29) is 5.91 Å². The molecular formula is C25H31N3O3S. The maximum absolute atomic E-state index is 12.9. The number of hydrogen-bond acceptors (Lipinski definition) is 6. The highest BCUT2D eigenvalue weighted by atomic mass is 32.1. The molecule has 6 nitrogen and oxygen atoms in total. The first-order chi connectivity index (χ1) is 15.7. The average Bonchev–Trinajstić information content (AvgIpc) is 3.26. The topological polar surface area (TPSA) is 54.9 Å². The van der Waals surface area contributed by atoms with Gasteiger partial charge in [-0.3, -0.25) is 4.79 Å². The molecule has 32 heavy (non-hydrogen) atoms. The lowest BCUT2D eigenvalue weighted by molar-refractivity contribution is 0.0746. The van der Waals surface area contributed by atoms with Gasteiger partial charge in [-0.15, -0.1) is 0 Å². The van der Waals surface area contributed by atoms with E-state index in [9.17, 15) is 4.79 Å². The highest BCUT2D eigenvalue weighted by Gasteiger charge is 2.24. The minimum absolute atomic E-state index is 0.0767. The summed E-state index contributed by atoms with van der Waals surface area (Å²) in [7, 11) is 0. The summed E-state index contributed by atoms with van der Waals surface area (Å²) in [5.41, 5.74) is 1.70. The highest BCUT2D eigenvalue weighted by molar-refractivity contribution is 7.22. The Morgan fingerprint density at radius 3 is 2.44 bits per heavy atom. The van der Waals surface area contributed by atoms with E-state index in [1.54, 1.807) is 11.3 Å². The second-order valence-electron chi connectivity index (χ2n) is 7.92. The van der Waals surface area contributed by atoms with Crippen molar-refractivity contribution in [2.24, 2.45) is 0 Å². The summed E-state index contributed by atoms with van der Waals surface area (Å²) in [5.74, 6) is 1.78. The number of amides is 1. The van der Waals surface area contributed by atoms with Crippen molar-refractivity contribution in [1.82, 2.24) is 9.88 Å². The van der Waals surface area contributed by atoms with Crippen LogP contribution in [0.4, 0.5) is 5.13 Å². The van der Waals surface area contributed by atoms with Gasteiger partial charge in [-0.25, -0.2) is 4.98 Å². The molecule has 1 saturated heterocycles. The van der Waals surface area contributed by atoms with E-state index in [4.69, 9.17) is 14.5 Å². The number of fused-ring (bicyclic) bond motifs is 1. The second kappa shape index (κ2) is 10.7. The third-order valence-corrected chi connectivity index (χ3v) is 6.69. The zero-order valence-electron chi connectivity index (χ0n) is 18.9. The van der Waals surface area contributed by atoms with Crippen LogP contribution in [-0.2, 0) is 0 Å². The van der Waals surface area contributed by atoms with Crippen molar-refractivity contribution in [3.05, 3.63) is 48.0 Å². The lowest BCUT2D eigenvalue weighted by Gasteiger charge is -2.34. The minimum Gasteiger partial charge on any atom is -0.494 e. The van der Waals surface area contributed by atoms with Gasteiger partial charge in [0, 0.05) is 31.7 Å². The van der Waals surface area contributed by atoms with Gasteiger partial charge in [0.05, 0.1) is 23.4 Å². The fourth-order valence-electron chi connectivity index (χ4n) is 3.80. The number of piperazine rings is 1. The van der Waals surface area contributed by atoms with Crippen LogP contribution in [0.2, 0.25) is 0 Å². The van der Waals surface area contributed by atoms with Gasteiger partial charge in [0.2, 0.25) is 0 Å². The fraction of sp³-hybridized carbons (Fsp3) is 0.440. The van der Waals surface area contributed by atoms with Gasteiger partial charge in [-0.05, 0) is 55.8 Å². The van der Waals surface area contributed by atoms with Crippen molar-refractivity contribution < 1.29 is 14.3 Å². The monoisotopic (exact) mass is 453 g/mol. The number of benzene rings is 2. The lowest BCUT2D eigenvalue weighted by atomic mass is 10.1. The van der Waals surface area contributed by atoms with Gasteiger partial charge >= 0.3 is 0 Å². The van der Waals surface area contributed by atoms with E-state index in [2.05, 4.69) is 17.9 Å². The van der Waals surface area contributed by atoms with Gasteiger partial charge in [-0.1, -0.05) is 31.1 Å². The Bertz CT molecular complexity index is 1030. The Balaban J connectivity index is 1.32. The van der Waals surface area contributed by atoms with Crippen LogP contribution in [-0.4, -0.2) is 55.2 Å². The molecule has 0 atom stereocenters. The van der Waals surface area contributed by atoms with Crippen molar-refractivity contribution in [2.75, 3.05) is 44.3 Å². The molecule has 1 amide bonds. The SMILES string of the molecule is CCCCCOc1ccc(C(=O)N2CCN(c3nc4ccc(OCC)cc4s3)CC2)cc1. The molecule has 1 aliphatic rings. The molecule has 7 heteroatoms. The number of hydrogen-bond donors (Lipinski definition) is 0. The van der Waals surface area contributed by atoms with E-state index in [1.807, 2.05) is 48.2 Å². The molecule has 170 valence electrons. The van der Waals surface area contributed by atoms with Gasteiger partial charge in [0.15, 0.2) is 5.13 Å². The molecule has 3 aromatic rings. The number of thiazole rings is 1. The normalized spacial score (nSPS) is 14.1. The summed E-state index contributed by atoms with van der Waals surface area (Å²) in [6.07, 6.45) is 3.41. The summed E-state index contributed by atoms with van der Waals surface area (Å²) < 4.78 is 12.5. The predicted octanol–water partition coefficient (Wildman–Crippen LogP) is 5.23. The van der Waals surface area contributed by atoms with Crippen LogP contribution in [0.5, 0.6) is 11.5 Å². The highest BCUT2D eigenvalue weighted by Crippen LogP contribution is 2.32. The molecule has 1 aliphatic heterocycles. The molecule has 4 rings (SSSR count). The quantitative estimate of drug-likeness (QED) is 0.416. The summed E-state index contributed by atoms with van der Waals surface area (Å²) >= 11 is 1.68. The average molecular weight is 454 g/mol. The van der Waals surface area contributed by atoms with E-state index in [1.165, 1.54) is 12.8 Å². The maximum atomic E-state index is 12.9. The summed E-state index contributed by atoms with van der Waals surface area (Å²) in [6.45, 7) is 8.48. The van der Waals surface area contributed by atoms with Crippen molar-refractivity contribution in [3.63, 3.8) is 0 Å². The summed E-state index contributed by atoms with van der Waals surface area (Å²) in [6, 6.07) is 13.6. The Kier molecular flexibility index (Phi) is 7.47. The molecule has 0 unspecified atom stereocenters. The van der Waals surface area contributed by atoms with E-state index < -0.39 is 0 Å². The van der Waals surface area contributed by atoms with E-state index in [0.29, 0.717) is 25.3 Å². The van der Waals surface area contributed by atoms with Crippen molar-refractivity contribution in [3.8, 4) is 11.5 Å². The number of rotatable bonds is 9. The minimum atomic E-state index is 0.0767. The molecule has 0 saturated carbocycles. The second-order valence-corrected chi connectivity index (χ2v) is 8.93. The van der Waals surface area contributed by atoms with E-state index in [0.717, 1.165) is 53.0 Å². The molecule has 0 radical (unpaired) electrons. The zero-order chi connectivity index (χ0) is 22.3. The van der Waals surface area contributed by atoms with Crippen LogP contribution in [0.3, 0.4) is 0 Å². The Labute approximate surface area is 193 Å². The standard InChI is InChI=1S/C25H31N3O3S/c1-3-5-6-17-31-20-9-7-19(8-10-20)24(29)27-13-15-28(16-14-27)25-26-22-12-11-21(30-4-2)18-23(22)32-25/h7-12,18H,3-6,13-17H2,1-2H3. The first-order valence-electron chi connectivity index (χ1n) is 11.5. The van der Waals surface area contributed by atoms with Crippen LogP contribution in [0.1, 0.15) is 43.5 Å². The number of nitrogens with zero attached hydrogens (tertiary/aromatic N) is 3. The number of unbranched alkanes of at least 4 members (excludes halogenated alkanes) is 2. The molecule has 0 N–H and O–H groups in total. The molecule has 1 fully saturated rings. The van der Waals surface area contributed by atoms with Gasteiger partial charge in [0.1, 0.15) is 11.5 Å². The number of carbonyl (C=O) groups excluding carboxylic acids is 1. The molecule has 0 bridgehead atoms. The first kappa shape index (κ1) is 22.4. The first-order valence-corrected chi connectivity index (χ1v) is 12.3. The smallest absolute Gasteiger partial charge is 0.253 e. The van der Waals surface area contributed by atoms with Crippen LogP contribution in [0, 0.1) is 0 Å². The summed E-state index contributed by atoms with van der Waals surface area (Å²) in [5, 5.41) is 1.00. The number of ether oxygens (including phenoxy) is 2. The summed E-state index contributed by atoms with van der Waals surface area (Å²) in [4.78, 5) is 21.9. The Hall–Kier alpha value is -2.80. The molecular weight excluding hydrogens is 422 g/mol. The van der Waals surface area contributed by atoms with Gasteiger partial charge in [0.25, 0.3) is 5.91 Å². The Morgan fingerprint density at radius 1 is 0.969 bits per heavy atom. The van der Waals surface area contributed by atoms with Crippen LogP contribution in [0.15, 0.2) is 42.5 Å². The van der Waals surface area contributed by atoms with Crippen molar-refractivity contribution in [1.29, 1.82) is 0 Å². The van der Waals surface area contributed by atoms with Crippen LogP contribution in [0.25, 0.3) is 10.2 Å². The molecule has 0 aliphatic carbocycles. The predicted molar refractivity (Wildman–Crippen MR) is 130 cm³/mol. The maximum Gasteiger partial charge on any atom is 0.253 e. The van der Waals surface area contributed by atoms with Gasteiger partial charge in [-0.2, -0.15) is 0 Å².